The van der Waals surface area contributed by atoms with E-state index in [0.29, 0.717) is 13.0 Å². The lowest BCUT2D eigenvalue weighted by Gasteiger charge is -2.15. The molecule has 0 spiro atoms. The van der Waals surface area contributed by atoms with Crippen molar-refractivity contribution in [2.24, 2.45) is 0 Å². The Morgan fingerprint density at radius 2 is 1.95 bits per heavy atom. The van der Waals surface area contributed by atoms with Gasteiger partial charge in [-0.25, -0.2) is 0 Å². The van der Waals surface area contributed by atoms with E-state index in [1.165, 1.54) is 4.90 Å². The van der Waals surface area contributed by atoms with Gasteiger partial charge in [-0.1, -0.05) is 42.5 Å². The molecule has 3 rings (SSSR count). The first kappa shape index (κ1) is 12.7. The predicted octanol–water partition coefficient (Wildman–Crippen LogP) is 2.24. The van der Waals surface area contributed by atoms with Gasteiger partial charge in [0.05, 0.1) is 0 Å². The second-order valence-corrected chi connectivity index (χ2v) is 5.14. The maximum absolute atomic E-state index is 11.9. The van der Waals surface area contributed by atoms with Crippen molar-refractivity contribution in [1.82, 2.24) is 4.90 Å². The molecule has 1 atom stereocenters. The van der Waals surface area contributed by atoms with Crippen LogP contribution in [0.3, 0.4) is 0 Å². The predicted molar refractivity (Wildman–Crippen MR) is 75.5 cm³/mol. The van der Waals surface area contributed by atoms with Gasteiger partial charge >= 0.3 is 5.97 Å². The molecule has 1 saturated heterocycles. The van der Waals surface area contributed by atoms with Gasteiger partial charge in [-0.05, 0) is 16.3 Å². The van der Waals surface area contributed by atoms with E-state index < -0.39 is 5.97 Å². The fourth-order valence-electron chi connectivity index (χ4n) is 2.90. The van der Waals surface area contributed by atoms with Crippen LogP contribution in [0.25, 0.3) is 10.8 Å². The number of carboxylic acids is 1. The van der Waals surface area contributed by atoms with Crippen LogP contribution in [0.5, 0.6) is 0 Å². The molecule has 0 aromatic heterocycles. The number of aliphatic carboxylic acids is 1. The third-order valence-corrected chi connectivity index (χ3v) is 3.80. The summed E-state index contributed by atoms with van der Waals surface area (Å²) in [5.74, 6) is -0.963. The summed E-state index contributed by atoms with van der Waals surface area (Å²) < 4.78 is 0. The van der Waals surface area contributed by atoms with Crippen LogP contribution >= 0.6 is 0 Å². The minimum atomic E-state index is -0.961. The van der Waals surface area contributed by atoms with Crippen molar-refractivity contribution in [3.05, 3.63) is 48.0 Å². The van der Waals surface area contributed by atoms with Gasteiger partial charge in [0.15, 0.2) is 0 Å². The summed E-state index contributed by atoms with van der Waals surface area (Å²) in [6.07, 6.45) is 0.390. The zero-order chi connectivity index (χ0) is 14.1. The highest BCUT2D eigenvalue weighted by Crippen LogP contribution is 2.32. The molecule has 1 aliphatic rings. The first-order valence-corrected chi connectivity index (χ1v) is 6.62. The molecule has 20 heavy (non-hydrogen) atoms. The zero-order valence-electron chi connectivity index (χ0n) is 11.0. The van der Waals surface area contributed by atoms with Crippen LogP contribution in [-0.4, -0.2) is 35.0 Å². The molecule has 4 nitrogen and oxygen atoms in total. The van der Waals surface area contributed by atoms with Gasteiger partial charge in [-0.15, -0.1) is 0 Å². The van der Waals surface area contributed by atoms with Crippen LogP contribution in [0, 0.1) is 0 Å². The number of fused-ring (bicyclic) bond motifs is 1. The molecule has 102 valence electrons. The summed E-state index contributed by atoms with van der Waals surface area (Å²) in [7, 11) is 0. The van der Waals surface area contributed by atoms with Gasteiger partial charge in [-0.2, -0.15) is 0 Å². The van der Waals surface area contributed by atoms with E-state index in [1.807, 2.05) is 36.4 Å². The SMILES string of the molecule is O=C(O)CN1CC(c2cccc3ccccc23)CC1=O. The van der Waals surface area contributed by atoms with Crippen molar-refractivity contribution in [3.63, 3.8) is 0 Å². The second-order valence-electron chi connectivity index (χ2n) is 5.14. The van der Waals surface area contributed by atoms with Gasteiger partial charge < -0.3 is 10.0 Å². The van der Waals surface area contributed by atoms with E-state index >= 15 is 0 Å². The quantitative estimate of drug-likeness (QED) is 0.929. The highest BCUT2D eigenvalue weighted by molar-refractivity contribution is 5.89. The molecule has 2 aromatic carbocycles. The number of carbonyl (C=O) groups excluding carboxylic acids is 1. The molecule has 0 bridgehead atoms. The Hall–Kier alpha value is -2.36. The minimum absolute atomic E-state index is 0.0768. The van der Waals surface area contributed by atoms with Crippen molar-refractivity contribution in [1.29, 1.82) is 0 Å². The maximum atomic E-state index is 11.9. The zero-order valence-corrected chi connectivity index (χ0v) is 11.0. The molecule has 0 saturated carbocycles. The lowest BCUT2D eigenvalue weighted by Crippen LogP contribution is -2.30. The van der Waals surface area contributed by atoms with E-state index in [2.05, 4.69) is 6.07 Å². The summed E-state index contributed by atoms with van der Waals surface area (Å²) in [5.41, 5.74) is 1.13. The Kier molecular flexibility index (Phi) is 3.14. The molecule has 2 aromatic rings. The number of nitrogens with zero attached hydrogens (tertiary/aromatic N) is 1. The highest BCUT2D eigenvalue weighted by atomic mass is 16.4. The lowest BCUT2D eigenvalue weighted by atomic mass is 9.93. The van der Waals surface area contributed by atoms with Crippen LogP contribution in [0.2, 0.25) is 0 Å². The molecular formula is C16H15NO3. The molecule has 1 heterocycles. The Morgan fingerprint density at radius 3 is 2.75 bits per heavy atom. The van der Waals surface area contributed by atoms with Gasteiger partial charge in [0.25, 0.3) is 0 Å². The topological polar surface area (TPSA) is 57.6 Å². The third-order valence-electron chi connectivity index (χ3n) is 3.80. The fraction of sp³-hybridized carbons (Fsp3) is 0.250. The van der Waals surface area contributed by atoms with Gasteiger partial charge in [0.2, 0.25) is 5.91 Å². The average Bonchev–Trinajstić information content (AvgIpc) is 2.78. The molecule has 1 amide bonds. The molecule has 4 heteroatoms. The minimum Gasteiger partial charge on any atom is -0.480 e. The van der Waals surface area contributed by atoms with E-state index in [-0.39, 0.29) is 18.4 Å². The highest BCUT2D eigenvalue weighted by Gasteiger charge is 2.32. The van der Waals surface area contributed by atoms with Gasteiger partial charge in [0.1, 0.15) is 6.54 Å². The van der Waals surface area contributed by atoms with Crippen LogP contribution in [0.15, 0.2) is 42.5 Å². The monoisotopic (exact) mass is 269 g/mol. The number of hydrogen-bond acceptors (Lipinski definition) is 2. The normalized spacial score (nSPS) is 18.7. The molecule has 1 unspecified atom stereocenters. The lowest BCUT2D eigenvalue weighted by molar-refractivity contribution is -0.142. The maximum Gasteiger partial charge on any atom is 0.323 e. The number of hydrogen-bond donors (Lipinski definition) is 1. The van der Waals surface area contributed by atoms with Crippen LogP contribution in [-0.2, 0) is 9.59 Å². The Bertz CT molecular complexity index is 675. The van der Waals surface area contributed by atoms with Crippen LogP contribution < -0.4 is 0 Å². The van der Waals surface area contributed by atoms with E-state index in [0.717, 1.165) is 16.3 Å². The summed E-state index contributed by atoms with van der Waals surface area (Å²) in [4.78, 5) is 24.1. The molecule has 0 radical (unpaired) electrons. The largest absolute Gasteiger partial charge is 0.480 e. The number of likely N-dealkylation sites (tertiary alicyclic amines) is 1. The van der Waals surface area contributed by atoms with Crippen molar-refractivity contribution < 1.29 is 14.7 Å². The van der Waals surface area contributed by atoms with Crippen molar-refractivity contribution in [2.45, 2.75) is 12.3 Å². The number of benzene rings is 2. The van der Waals surface area contributed by atoms with Crippen LogP contribution in [0.1, 0.15) is 17.9 Å². The first-order valence-electron chi connectivity index (χ1n) is 6.62. The fourth-order valence-corrected chi connectivity index (χ4v) is 2.90. The summed E-state index contributed by atoms with van der Waals surface area (Å²) >= 11 is 0. The summed E-state index contributed by atoms with van der Waals surface area (Å²) in [6, 6.07) is 14.1. The van der Waals surface area contributed by atoms with Crippen LogP contribution in [0.4, 0.5) is 0 Å². The van der Waals surface area contributed by atoms with E-state index in [4.69, 9.17) is 5.11 Å². The van der Waals surface area contributed by atoms with Crippen molar-refractivity contribution >= 4 is 22.6 Å². The van der Waals surface area contributed by atoms with E-state index in [1.54, 1.807) is 0 Å². The summed E-state index contributed by atoms with van der Waals surface area (Å²) in [5, 5.41) is 11.1. The molecule has 1 fully saturated rings. The van der Waals surface area contributed by atoms with E-state index in [9.17, 15) is 9.59 Å². The standard InChI is InChI=1S/C16H15NO3/c18-15-8-12(9-17(15)10-16(19)20)14-7-3-5-11-4-1-2-6-13(11)14/h1-7,12H,8-10H2,(H,19,20). The second kappa shape index (κ2) is 4.96. The Morgan fingerprint density at radius 1 is 1.20 bits per heavy atom. The number of carbonyl (C=O) groups is 2. The van der Waals surface area contributed by atoms with Gasteiger partial charge in [0, 0.05) is 18.9 Å². The number of carboxylic acid groups (broad SMARTS) is 1. The Balaban J connectivity index is 1.93. The smallest absolute Gasteiger partial charge is 0.323 e. The molecule has 1 N–H and O–H groups in total. The molecule has 0 aliphatic carbocycles. The third kappa shape index (κ3) is 2.25. The number of rotatable bonds is 3. The molecule has 1 aliphatic heterocycles. The average molecular weight is 269 g/mol. The summed E-state index contributed by atoms with van der Waals surface area (Å²) in [6.45, 7) is 0.277. The number of amides is 1. The van der Waals surface area contributed by atoms with Crippen molar-refractivity contribution in [3.8, 4) is 0 Å². The van der Waals surface area contributed by atoms with Crippen molar-refractivity contribution in [2.75, 3.05) is 13.1 Å². The first-order chi connectivity index (χ1) is 9.65. The van der Waals surface area contributed by atoms with Gasteiger partial charge in [-0.3, -0.25) is 9.59 Å². The molecular weight excluding hydrogens is 254 g/mol. The Labute approximate surface area is 116 Å².